The number of aliphatic carboxylic acids is 1. The van der Waals surface area contributed by atoms with Crippen LogP contribution in [0.15, 0.2) is 0 Å². The number of carboxylic acid groups (broad SMARTS) is 1. The molecule has 0 aliphatic carbocycles. The van der Waals surface area contributed by atoms with Crippen LogP contribution in [0.5, 0.6) is 0 Å². The quantitative estimate of drug-likeness (QED) is 0.650. The van der Waals surface area contributed by atoms with E-state index in [1.54, 1.807) is 12.0 Å². The van der Waals surface area contributed by atoms with Gasteiger partial charge in [0, 0.05) is 20.8 Å². The van der Waals surface area contributed by atoms with Gasteiger partial charge in [-0.25, -0.2) is 9.59 Å². The summed E-state index contributed by atoms with van der Waals surface area (Å²) in [4.78, 5) is 24.1. The highest BCUT2D eigenvalue weighted by atomic mass is 16.5. The number of rotatable bonds is 8. The summed E-state index contributed by atoms with van der Waals surface area (Å²) in [6.45, 7) is 4.57. The molecule has 0 spiro atoms. The molecule has 0 rings (SSSR count). The van der Waals surface area contributed by atoms with Crippen molar-refractivity contribution in [2.45, 2.75) is 26.0 Å². The van der Waals surface area contributed by atoms with Gasteiger partial charge in [-0.05, 0) is 13.8 Å². The van der Waals surface area contributed by atoms with Crippen LogP contribution < -0.4 is 5.32 Å². The van der Waals surface area contributed by atoms with Crippen molar-refractivity contribution in [1.82, 2.24) is 10.2 Å². The minimum absolute atomic E-state index is 0.0686. The number of ether oxygens (including phenoxy) is 2. The molecule has 0 aliphatic rings. The van der Waals surface area contributed by atoms with Gasteiger partial charge >= 0.3 is 12.0 Å². The lowest BCUT2D eigenvalue weighted by Crippen LogP contribution is -2.49. The number of carboxylic acids is 1. The molecule has 2 amide bonds. The summed E-state index contributed by atoms with van der Waals surface area (Å²) in [6, 6.07) is -0.406. The summed E-state index contributed by atoms with van der Waals surface area (Å²) in [5, 5.41) is 11.3. The number of carbonyl (C=O) groups is 2. The van der Waals surface area contributed by atoms with Crippen molar-refractivity contribution in [2.75, 3.05) is 33.9 Å². The van der Waals surface area contributed by atoms with Crippen LogP contribution in [0.2, 0.25) is 0 Å². The third kappa shape index (κ3) is 5.33. The van der Waals surface area contributed by atoms with Crippen LogP contribution in [0.25, 0.3) is 0 Å². The third-order valence-corrected chi connectivity index (χ3v) is 2.54. The van der Waals surface area contributed by atoms with E-state index in [0.29, 0.717) is 13.2 Å². The zero-order valence-corrected chi connectivity index (χ0v) is 11.3. The Morgan fingerprint density at radius 1 is 1.39 bits per heavy atom. The molecule has 106 valence electrons. The maximum atomic E-state index is 11.8. The molecule has 0 aromatic carbocycles. The van der Waals surface area contributed by atoms with Crippen LogP contribution in [0, 0.1) is 0 Å². The number of carbonyl (C=O) groups excluding carboxylic acids is 1. The fourth-order valence-electron chi connectivity index (χ4n) is 1.54. The lowest BCUT2D eigenvalue weighted by atomic mass is 10.3. The topological polar surface area (TPSA) is 88.1 Å². The number of amides is 2. The number of hydrogen-bond donors (Lipinski definition) is 2. The van der Waals surface area contributed by atoms with Crippen LogP contribution in [-0.2, 0) is 14.3 Å². The second-order valence-electron chi connectivity index (χ2n) is 3.84. The number of hydrogen-bond acceptors (Lipinski definition) is 4. The minimum atomic E-state index is -1.11. The molecule has 0 saturated carbocycles. The van der Waals surface area contributed by atoms with Crippen LogP contribution in [0.3, 0.4) is 0 Å². The van der Waals surface area contributed by atoms with Crippen molar-refractivity contribution in [2.24, 2.45) is 0 Å². The molecule has 0 saturated heterocycles. The molecule has 0 radical (unpaired) electrons. The average Bonchev–Trinajstić information content (AvgIpc) is 2.30. The highest BCUT2D eigenvalue weighted by Crippen LogP contribution is 2.00. The summed E-state index contributed by atoms with van der Waals surface area (Å²) in [7, 11) is 2.85. The molecule has 7 nitrogen and oxygen atoms in total. The molecule has 0 aromatic rings. The van der Waals surface area contributed by atoms with E-state index in [2.05, 4.69) is 5.32 Å². The van der Waals surface area contributed by atoms with Crippen LogP contribution in [0.4, 0.5) is 4.79 Å². The highest BCUT2D eigenvalue weighted by molar-refractivity contribution is 5.77. The molecule has 2 unspecified atom stereocenters. The van der Waals surface area contributed by atoms with Crippen molar-refractivity contribution in [3.8, 4) is 0 Å². The van der Waals surface area contributed by atoms with Gasteiger partial charge in [-0.3, -0.25) is 0 Å². The number of nitrogens with one attached hydrogen (secondary N) is 1. The van der Waals surface area contributed by atoms with E-state index in [1.807, 2.05) is 13.8 Å². The normalized spacial score (nSPS) is 13.8. The van der Waals surface area contributed by atoms with E-state index >= 15 is 0 Å². The molecule has 0 aromatic heterocycles. The molecular formula is C11H22N2O5. The first-order valence-electron chi connectivity index (χ1n) is 5.76. The van der Waals surface area contributed by atoms with E-state index in [0.717, 1.165) is 0 Å². The van der Waals surface area contributed by atoms with Crippen molar-refractivity contribution in [1.29, 1.82) is 0 Å². The van der Waals surface area contributed by atoms with Gasteiger partial charge in [0.25, 0.3) is 0 Å². The first kappa shape index (κ1) is 16.7. The van der Waals surface area contributed by atoms with E-state index in [1.165, 1.54) is 7.11 Å². The molecule has 0 heterocycles. The standard InChI is InChI=1S/C11H22N2O5/c1-5-13(8(2)7-17-3)11(16)12-6-9(18-4)10(14)15/h8-9H,5-7H2,1-4H3,(H,12,16)(H,14,15). The summed E-state index contributed by atoms with van der Waals surface area (Å²) in [6.07, 6.45) is -1.04. The second-order valence-corrected chi connectivity index (χ2v) is 3.84. The molecule has 0 bridgehead atoms. The number of urea groups is 1. The van der Waals surface area contributed by atoms with Crippen LogP contribution in [-0.4, -0.2) is 68.1 Å². The molecule has 18 heavy (non-hydrogen) atoms. The molecule has 7 heteroatoms. The van der Waals surface area contributed by atoms with Gasteiger partial charge in [0.05, 0.1) is 19.2 Å². The largest absolute Gasteiger partial charge is 0.479 e. The number of likely N-dealkylation sites (N-methyl/N-ethyl adjacent to an activating group) is 1. The lowest BCUT2D eigenvalue weighted by Gasteiger charge is -2.28. The fraction of sp³-hybridized carbons (Fsp3) is 0.818. The summed E-state index contributed by atoms with van der Waals surface area (Å²) < 4.78 is 9.71. The van der Waals surface area contributed by atoms with Crippen LogP contribution >= 0.6 is 0 Å². The second kappa shape index (κ2) is 8.71. The molecule has 2 atom stereocenters. The maximum Gasteiger partial charge on any atom is 0.334 e. The van der Waals surface area contributed by atoms with Gasteiger partial charge in [-0.15, -0.1) is 0 Å². The van der Waals surface area contributed by atoms with Crippen molar-refractivity contribution in [3.05, 3.63) is 0 Å². The van der Waals surface area contributed by atoms with Gasteiger partial charge in [0.1, 0.15) is 0 Å². The van der Waals surface area contributed by atoms with Gasteiger partial charge in [0.2, 0.25) is 0 Å². The van der Waals surface area contributed by atoms with E-state index in [-0.39, 0.29) is 18.6 Å². The highest BCUT2D eigenvalue weighted by Gasteiger charge is 2.21. The number of methoxy groups -OCH3 is 2. The average molecular weight is 262 g/mol. The lowest BCUT2D eigenvalue weighted by molar-refractivity contribution is -0.148. The van der Waals surface area contributed by atoms with E-state index in [4.69, 9.17) is 14.6 Å². The first-order chi connectivity index (χ1) is 8.47. The Kier molecular flexibility index (Phi) is 8.06. The third-order valence-electron chi connectivity index (χ3n) is 2.54. The Labute approximate surface area is 107 Å². The number of nitrogens with zero attached hydrogens (tertiary/aromatic N) is 1. The molecule has 0 fully saturated rings. The Balaban J connectivity index is 4.31. The molecular weight excluding hydrogens is 240 g/mol. The Bertz CT molecular complexity index is 272. The van der Waals surface area contributed by atoms with E-state index in [9.17, 15) is 9.59 Å². The van der Waals surface area contributed by atoms with Gasteiger partial charge in [-0.1, -0.05) is 0 Å². The van der Waals surface area contributed by atoms with Crippen molar-refractivity contribution in [3.63, 3.8) is 0 Å². The van der Waals surface area contributed by atoms with Gasteiger partial charge in [0.15, 0.2) is 6.10 Å². The van der Waals surface area contributed by atoms with Crippen molar-refractivity contribution < 1.29 is 24.2 Å². The molecule has 0 aliphatic heterocycles. The van der Waals surface area contributed by atoms with Crippen LogP contribution in [0.1, 0.15) is 13.8 Å². The summed E-state index contributed by atoms with van der Waals surface area (Å²) in [5.74, 6) is -1.11. The van der Waals surface area contributed by atoms with Gasteiger partial charge < -0.3 is 24.8 Å². The smallest absolute Gasteiger partial charge is 0.334 e. The van der Waals surface area contributed by atoms with E-state index < -0.39 is 12.1 Å². The first-order valence-corrected chi connectivity index (χ1v) is 5.76. The Hall–Kier alpha value is -1.34. The van der Waals surface area contributed by atoms with Crippen molar-refractivity contribution >= 4 is 12.0 Å². The monoisotopic (exact) mass is 262 g/mol. The fourth-order valence-corrected chi connectivity index (χ4v) is 1.54. The summed E-state index contributed by atoms with van der Waals surface area (Å²) >= 11 is 0. The SMILES string of the molecule is CCN(C(=O)NCC(OC)C(=O)O)C(C)COC. The maximum absolute atomic E-state index is 11.8. The summed E-state index contributed by atoms with van der Waals surface area (Å²) in [5.41, 5.74) is 0. The minimum Gasteiger partial charge on any atom is -0.479 e. The zero-order chi connectivity index (χ0) is 14.1. The predicted molar refractivity (Wildman–Crippen MR) is 65.5 cm³/mol. The predicted octanol–water partition coefficient (Wildman–Crippen LogP) is 0.152. The molecule has 2 N–H and O–H groups in total. The Morgan fingerprint density at radius 3 is 2.39 bits per heavy atom. The zero-order valence-electron chi connectivity index (χ0n) is 11.3. The van der Waals surface area contributed by atoms with Gasteiger partial charge in [-0.2, -0.15) is 0 Å². The Morgan fingerprint density at radius 2 is 2.00 bits per heavy atom.